The van der Waals surface area contributed by atoms with Crippen LogP contribution in [0.2, 0.25) is 0 Å². The van der Waals surface area contributed by atoms with Crippen molar-refractivity contribution in [3.05, 3.63) is 64.7 Å². The molecule has 1 aliphatic carbocycles. The molecule has 1 amide bonds. The fourth-order valence-corrected chi connectivity index (χ4v) is 4.52. The number of hydrogen-bond acceptors (Lipinski definition) is 3. The number of ether oxygens (including phenoxy) is 2. The summed E-state index contributed by atoms with van der Waals surface area (Å²) in [6, 6.07) is 14.7. The van der Waals surface area contributed by atoms with E-state index in [0.717, 1.165) is 35.5 Å². The standard InChI is InChI=1S/C27H33NO3/c1-18(2)20-10-8-19(9-11-20)14-22-15-23(17-28-27(22)29)21-12-13-25(30-3)26(16-21)31-24-6-4-5-7-24/h8-14,16,18,23-24H,4-7,15,17H2,1-3H3,(H,28,29). The molecule has 0 radical (unpaired) electrons. The summed E-state index contributed by atoms with van der Waals surface area (Å²) in [5, 5.41) is 3.07. The summed E-state index contributed by atoms with van der Waals surface area (Å²) >= 11 is 0. The fraction of sp³-hybridized carbons (Fsp3) is 0.444. The Bertz CT molecular complexity index is 939. The van der Waals surface area contributed by atoms with Gasteiger partial charge in [0.1, 0.15) is 0 Å². The minimum Gasteiger partial charge on any atom is -0.493 e. The Balaban J connectivity index is 1.53. The molecule has 164 valence electrons. The normalized spacial score (nSPS) is 20.8. The molecule has 0 bridgehead atoms. The highest BCUT2D eigenvalue weighted by Crippen LogP contribution is 2.36. The zero-order valence-electron chi connectivity index (χ0n) is 18.8. The summed E-state index contributed by atoms with van der Waals surface area (Å²) < 4.78 is 11.8. The second-order valence-electron chi connectivity index (χ2n) is 9.04. The number of methoxy groups -OCH3 is 1. The van der Waals surface area contributed by atoms with Gasteiger partial charge in [0.2, 0.25) is 5.91 Å². The molecule has 4 heteroatoms. The van der Waals surface area contributed by atoms with Crippen LogP contribution in [0, 0.1) is 0 Å². The third-order valence-corrected chi connectivity index (χ3v) is 6.47. The summed E-state index contributed by atoms with van der Waals surface area (Å²) in [6.45, 7) is 5.01. The second-order valence-corrected chi connectivity index (χ2v) is 9.04. The van der Waals surface area contributed by atoms with Gasteiger partial charge in [0, 0.05) is 18.0 Å². The van der Waals surface area contributed by atoms with E-state index in [1.807, 2.05) is 12.1 Å². The molecule has 2 fully saturated rings. The van der Waals surface area contributed by atoms with Crippen LogP contribution in [-0.2, 0) is 4.79 Å². The van der Waals surface area contributed by atoms with E-state index in [4.69, 9.17) is 9.47 Å². The zero-order chi connectivity index (χ0) is 21.8. The molecule has 2 aliphatic rings. The number of amides is 1. The summed E-state index contributed by atoms with van der Waals surface area (Å²) in [6.07, 6.45) is 7.68. The van der Waals surface area contributed by atoms with Crippen molar-refractivity contribution in [1.82, 2.24) is 5.32 Å². The Labute approximate surface area is 185 Å². The number of carbonyl (C=O) groups excluding carboxylic acids is 1. The van der Waals surface area contributed by atoms with Crippen molar-refractivity contribution in [2.75, 3.05) is 13.7 Å². The molecule has 1 atom stereocenters. The van der Waals surface area contributed by atoms with Crippen molar-refractivity contribution in [3.63, 3.8) is 0 Å². The summed E-state index contributed by atoms with van der Waals surface area (Å²) in [4.78, 5) is 12.5. The van der Waals surface area contributed by atoms with Crippen LogP contribution >= 0.6 is 0 Å². The van der Waals surface area contributed by atoms with E-state index in [-0.39, 0.29) is 17.9 Å². The van der Waals surface area contributed by atoms with Crippen molar-refractivity contribution >= 4 is 12.0 Å². The first-order valence-electron chi connectivity index (χ1n) is 11.5. The van der Waals surface area contributed by atoms with Gasteiger partial charge < -0.3 is 14.8 Å². The number of hydrogen-bond donors (Lipinski definition) is 1. The van der Waals surface area contributed by atoms with E-state index in [2.05, 4.69) is 55.6 Å². The van der Waals surface area contributed by atoms with Crippen molar-refractivity contribution in [1.29, 1.82) is 0 Å². The molecule has 4 nitrogen and oxygen atoms in total. The SMILES string of the molecule is COc1ccc(C2CNC(=O)C(=Cc3ccc(C(C)C)cc3)C2)cc1OC1CCCC1. The topological polar surface area (TPSA) is 47.6 Å². The number of piperidine rings is 1. The van der Waals surface area contributed by atoms with Crippen LogP contribution in [0.1, 0.15) is 74.5 Å². The average molecular weight is 420 g/mol. The van der Waals surface area contributed by atoms with E-state index < -0.39 is 0 Å². The van der Waals surface area contributed by atoms with E-state index in [0.29, 0.717) is 18.9 Å². The number of benzene rings is 2. The smallest absolute Gasteiger partial charge is 0.247 e. The molecule has 1 unspecified atom stereocenters. The van der Waals surface area contributed by atoms with Crippen LogP contribution in [0.4, 0.5) is 0 Å². The molecule has 31 heavy (non-hydrogen) atoms. The minimum absolute atomic E-state index is 0.0279. The van der Waals surface area contributed by atoms with Gasteiger partial charge in [-0.15, -0.1) is 0 Å². The maximum Gasteiger partial charge on any atom is 0.247 e. The summed E-state index contributed by atoms with van der Waals surface area (Å²) in [5.74, 6) is 2.34. The highest BCUT2D eigenvalue weighted by molar-refractivity contribution is 5.98. The fourth-order valence-electron chi connectivity index (χ4n) is 4.52. The lowest BCUT2D eigenvalue weighted by Gasteiger charge is -2.26. The van der Waals surface area contributed by atoms with Gasteiger partial charge in [-0.25, -0.2) is 0 Å². The van der Waals surface area contributed by atoms with Crippen LogP contribution in [0.25, 0.3) is 6.08 Å². The van der Waals surface area contributed by atoms with Crippen molar-refractivity contribution < 1.29 is 14.3 Å². The molecule has 1 N–H and O–H groups in total. The van der Waals surface area contributed by atoms with Crippen LogP contribution in [0.3, 0.4) is 0 Å². The molecule has 2 aromatic carbocycles. The highest BCUT2D eigenvalue weighted by Gasteiger charge is 2.26. The zero-order valence-corrected chi connectivity index (χ0v) is 18.8. The Hall–Kier alpha value is -2.75. The maximum absolute atomic E-state index is 12.5. The lowest BCUT2D eigenvalue weighted by Crippen LogP contribution is -2.35. The lowest BCUT2D eigenvalue weighted by molar-refractivity contribution is -0.118. The minimum atomic E-state index is 0.0279. The molecule has 0 spiro atoms. The van der Waals surface area contributed by atoms with E-state index in [9.17, 15) is 4.79 Å². The Morgan fingerprint density at radius 1 is 1.03 bits per heavy atom. The summed E-state index contributed by atoms with van der Waals surface area (Å²) in [7, 11) is 1.68. The van der Waals surface area contributed by atoms with Gasteiger partial charge in [0.05, 0.1) is 13.2 Å². The molecule has 4 rings (SSSR count). The van der Waals surface area contributed by atoms with Crippen LogP contribution in [0.15, 0.2) is 48.0 Å². The van der Waals surface area contributed by atoms with Crippen LogP contribution in [-0.4, -0.2) is 25.7 Å². The second kappa shape index (κ2) is 9.59. The molecular weight excluding hydrogens is 386 g/mol. The Morgan fingerprint density at radius 3 is 2.45 bits per heavy atom. The van der Waals surface area contributed by atoms with Gasteiger partial charge in [-0.05, 0) is 72.9 Å². The number of carbonyl (C=O) groups is 1. The van der Waals surface area contributed by atoms with E-state index in [1.54, 1.807) is 7.11 Å². The van der Waals surface area contributed by atoms with Gasteiger partial charge in [0.25, 0.3) is 0 Å². The van der Waals surface area contributed by atoms with Gasteiger partial charge >= 0.3 is 0 Å². The van der Waals surface area contributed by atoms with Gasteiger partial charge in [-0.2, -0.15) is 0 Å². The van der Waals surface area contributed by atoms with Crippen molar-refractivity contribution in [2.24, 2.45) is 0 Å². The molecule has 1 saturated carbocycles. The lowest BCUT2D eigenvalue weighted by atomic mass is 9.87. The quantitative estimate of drug-likeness (QED) is 0.600. The van der Waals surface area contributed by atoms with E-state index in [1.165, 1.54) is 24.0 Å². The number of nitrogens with one attached hydrogen (secondary N) is 1. The number of rotatable bonds is 6. The maximum atomic E-state index is 12.5. The predicted molar refractivity (Wildman–Crippen MR) is 125 cm³/mol. The van der Waals surface area contributed by atoms with Crippen LogP contribution in [0.5, 0.6) is 11.5 Å². The average Bonchev–Trinajstić information content (AvgIpc) is 3.29. The Morgan fingerprint density at radius 2 is 1.77 bits per heavy atom. The first kappa shape index (κ1) is 21.5. The largest absolute Gasteiger partial charge is 0.493 e. The van der Waals surface area contributed by atoms with Gasteiger partial charge in [-0.1, -0.05) is 44.2 Å². The molecule has 1 aliphatic heterocycles. The first-order chi connectivity index (χ1) is 15.0. The third-order valence-electron chi connectivity index (χ3n) is 6.47. The first-order valence-corrected chi connectivity index (χ1v) is 11.5. The molecular formula is C27H33NO3. The molecule has 0 aromatic heterocycles. The van der Waals surface area contributed by atoms with Crippen molar-refractivity contribution in [3.8, 4) is 11.5 Å². The predicted octanol–water partition coefficient (Wildman–Crippen LogP) is 5.83. The van der Waals surface area contributed by atoms with Crippen molar-refractivity contribution in [2.45, 2.75) is 63.9 Å². The van der Waals surface area contributed by atoms with Crippen LogP contribution < -0.4 is 14.8 Å². The highest BCUT2D eigenvalue weighted by atomic mass is 16.5. The van der Waals surface area contributed by atoms with Gasteiger partial charge in [-0.3, -0.25) is 4.79 Å². The molecule has 1 saturated heterocycles. The monoisotopic (exact) mass is 419 g/mol. The Kier molecular flexibility index (Phi) is 6.64. The summed E-state index contributed by atoms with van der Waals surface area (Å²) in [5.41, 5.74) is 4.37. The van der Waals surface area contributed by atoms with Gasteiger partial charge in [0.15, 0.2) is 11.5 Å². The molecule has 1 heterocycles. The van der Waals surface area contributed by atoms with E-state index >= 15 is 0 Å². The molecule has 2 aromatic rings. The third kappa shape index (κ3) is 5.12.